The first-order chi connectivity index (χ1) is 12.9. The largest absolute Gasteiger partial charge is 0.449 e. The zero-order chi connectivity index (χ0) is 19.8. The number of ether oxygens (including phenoxy) is 1. The summed E-state index contributed by atoms with van der Waals surface area (Å²) < 4.78 is 5.38. The Balaban J connectivity index is 2.01. The lowest BCUT2D eigenvalue weighted by Gasteiger charge is -2.21. The Labute approximate surface area is 161 Å². The molecule has 0 aliphatic heterocycles. The van der Waals surface area contributed by atoms with E-state index in [4.69, 9.17) is 4.74 Å². The summed E-state index contributed by atoms with van der Waals surface area (Å²) in [5, 5.41) is 3.00. The van der Waals surface area contributed by atoms with Crippen molar-refractivity contribution < 1.29 is 14.3 Å². The number of benzene rings is 2. The van der Waals surface area contributed by atoms with E-state index in [1.165, 1.54) is 0 Å². The highest BCUT2D eigenvalue weighted by Gasteiger charge is 2.22. The maximum absolute atomic E-state index is 12.5. The van der Waals surface area contributed by atoms with Gasteiger partial charge in [0, 0.05) is 19.8 Å². The van der Waals surface area contributed by atoms with E-state index in [1.54, 1.807) is 25.1 Å². The molecular formula is C22H28N2O3. The molecule has 2 unspecified atom stereocenters. The first-order valence-corrected chi connectivity index (χ1v) is 9.26. The van der Waals surface area contributed by atoms with Gasteiger partial charge in [-0.15, -0.1) is 0 Å². The van der Waals surface area contributed by atoms with E-state index >= 15 is 0 Å². The molecule has 1 N–H and O–H groups in total. The summed E-state index contributed by atoms with van der Waals surface area (Å²) in [6.45, 7) is 3.67. The molecule has 27 heavy (non-hydrogen) atoms. The van der Waals surface area contributed by atoms with Crippen LogP contribution in [0.2, 0.25) is 0 Å². The van der Waals surface area contributed by atoms with Crippen molar-refractivity contribution >= 4 is 17.6 Å². The van der Waals surface area contributed by atoms with E-state index < -0.39 is 12.1 Å². The van der Waals surface area contributed by atoms with Crippen LogP contribution in [0.3, 0.4) is 0 Å². The van der Waals surface area contributed by atoms with Gasteiger partial charge in [-0.05, 0) is 37.1 Å². The maximum atomic E-state index is 12.5. The molecule has 0 radical (unpaired) electrons. The van der Waals surface area contributed by atoms with Gasteiger partial charge in [0.05, 0.1) is 11.6 Å². The van der Waals surface area contributed by atoms with Gasteiger partial charge in [0.2, 0.25) is 0 Å². The molecule has 0 aliphatic carbocycles. The highest BCUT2D eigenvalue weighted by molar-refractivity contribution is 5.93. The minimum absolute atomic E-state index is 0.0954. The first kappa shape index (κ1) is 20.5. The fourth-order valence-corrected chi connectivity index (χ4v) is 2.78. The van der Waals surface area contributed by atoms with E-state index in [-0.39, 0.29) is 11.9 Å². The summed E-state index contributed by atoms with van der Waals surface area (Å²) in [7, 11) is 3.80. The third-order valence-corrected chi connectivity index (χ3v) is 4.35. The summed E-state index contributed by atoms with van der Waals surface area (Å²) in [6.07, 6.45) is 0.885. The van der Waals surface area contributed by atoms with E-state index in [2.05, 4.69) is 12.2 Å². The Kier molecular flexibility index (Phi) is 7.41. The van der Waals surface area contributed by atoms with Crippen LogP contribution in [-0.2, 0) is 9.53 Å². The van der Waals surface area contributed by atoms with Gasteiger partial charge in [-0.25, -0.2) is 4.79 Å². The lowest BCUT2D eigenvalue weighted by molar-refractivity contribution is -0.129. The van der Waals surface area contributed by atoms with Crippen LogP contribution >= 0.6 is 0 Å². The van der Waals surface area contributed by atoms with E-state index in [0.717, 1.165) is 24.1 Å². The quantitative estimate of drug-likeness (QED) is 0.717. The molecule has 2 aromatic carbocycles. The molecule has 0 spiro atoms. The fraction of sp³-hybridized carbons (Fsp3) is 0.364. The van der Waals surface area contributed by atoms with Gasteiger partial charge in [0.15, 0.2) is 6.10 Å². The molecule has 0 fully saturated rings. The van der Waals surface area contributed by atoms with Gasteiger partial charge in [0.25, 0.3) is 5.91 Å². The number of anilines is 1. The molecule has 2 aromatic rings. The number of amides is 1. The smallest absolute Gasteiger partial charge is 0.338 e. The van der Waals surface area contributed by atoms with Crippen molar-refractivity contribution in [1.29, 1.82) is 0 Å². The molecule has 5 heteroatoms. The maximum Gasteiger partial charge on any atom is 0.338 e. The predicted molar refractivity (Wildman–Crippen MR) is 108 cm³/mol. The van der Waals surface area contributed by atoms with Crippen molar-refractivity contribution in [2.75, 3.05) is 19.0 Å². The summed E-state index contributed by atoms with van der Waals surface area (Å²) in [5.41, 5.74) is 2.37. The van der Waals surface area contributed by atoms with Crippen LogP contribution in [0.1, 0.15) is 48.7 Å². The molecule has 0 saturated heterocycles. The van der Waals surface area contributed by atoms with E-state index in [1.807, 2.05) is 55.4 Å². The number of rotatable bonds is 8. The average Bonchev–Trinajstić information content (AvgIpc) is 2.68. The minimum atomic E-state index is -0.872. The fourth-order valence-electron chi connectivity index (χ4n) is 2.78. The summed E-state index contributed by atoms with van der Waals surface area (Å²) in [5.74, 6) is -0.803. The normalized spacial score (nSPS) is 12.7. The van der Waals surface area contributed by atoms with Crippen LogP contribution in [0.25, 0.3) is 0 Å². The van der Waals surface area contributed by atoms with Crippen LogP contribution in [0.15, 0.2) is 54.6 Å². The Bertz CT molecular complexity index is 759. The molecule has 2 atom stereocenters. The third kappa shape index (κ3) is 5.84. The standard InChI is InChI=1S/C22H28N2O3/c1-5-10-20(17-11-7-6-8-12-17)23-21(25)16(2)27-22(26)18-13-9-14-19(15-18)24(3)4/h6-9,11-16,20H,5,10H2,1-4H3,(H,23,25). The second-order valence-electron chi connectivity index (χ2n) is 6.75. The average molecular weight is 368 g/mol. The van der Waals surface area contributed by atoms with Gasteiger partial charge in [0.1, 0.15) is 0 Å². The Morgan fingerprint density at radius 2 is 1.78 bits per heavy atom. The molecule has 0 saturated carbocycles. The number of hydrogen-bond acceptors (Lipinski definition) is 4. The molecule has 144 valence electrons. The van der Waals surface area contributed by atoms with Crippen molar-refractivity contribution in [3.63, 3.8) is 0 Å². The predicted octanol–water partition coefficient (Wildman–Crippen LogP) is 3.96. The Morgan fingerprint density at radius 3 is 2.41 bits per heavy atom. The van der Waals surface area contributed by atoms with Gasteiger partial charge >= 0.3 is 5.97 Å². The number of carbonyl (C=O) groups excluding carboxylic acids is 2. The zero-order valence-electron chi connectivity index (χ0n) is 16.4. The Morgan fingerprint density at radius 1 is 1.07 bits per heavy atom. The van der Waals surface area contributed by atoms with E-state index in [9.17, 15) is 9.59 Å². The molecule has 1 amide bonds. The minimum Gasteiger partial charge on any atom is -0.449 e. The second-order valence-corrected chi connectivity index (χ2v) is 6.75. The molecule has 0 aliphatic rings. The van der Waals surface area contributed by atoms with Crippen LogP contribution in [0.5, 0.6) is 0 Å². The van der Waals surface area contributed by atoms with Crippen molar-refractivity contribution in [2.45, 2.75) is 38.8 Å². The van der Waals surface area contributed by atoms with Gasteiger partial charge in [-0.2, -0.15) is 0 Å². The number of nitrogens with one attached hydrogen (secondary N) is 1. The van der Waals surface area contributed by atoms with Gasteiger partial charge in [-0.3, -0.25) is 4.79 Å². The third-order valence-electron chi connectivity index (χ3n) is 4.35. The number of esters is 1. The summed E-state index contributed by atoms with van der Waals surface area (Å²) in [4.78, 5) is 26.8. The van der Waals surface area contributed by atoms with Gasteiger partial charge < -0.3 is 15.0 Å². The first-order valence-electron chi connectivity index (χ1n) is 9.26. The summed E-state index contributed by atoms with van der Waals surface area (Å²) in [6, 6.07) is 16.9. The molecule has 0 bridgehead atoms. The van der Waals surface area contributed by atoms with E-state index in [0.29, 0.717) is 5.56 Å². The van der Waals surface area contributed by atoms with Crippen molar-refractivity contribution in [2.24, 2.45) is 0 Å². The van der Waals surface area contributed by atoms with Crippen LogP contribution in [0, 0.1) is 0 Å². The number of hydrogen-bond donors (Lipinski definition) is 1. The van der Waals surface area contributed by atoms with Crippen LogP contribution < -0.4 is 10.2 Å². The highest BCUT2D eigenvalue weighted by atomic mass is 16.5. The monoisotopic (exact) mass is 368 g/mol. The lowest BCUT2D eigenvalue weighted by Crippen LogP contribution is -2.38. The second kappa shape index (κ2) is 9.76. The molecular weight excluding hydrogens is 340 g/mol. The van der Waals surface area contributed by atoms with Crippen molar-refractivity contribution in [3.8, 4) is 0 Å². The SMILES string of the molecule is CCCC(NC(=O)C(C)OC(=O)c1cccc(N(C)C)c1)c1ccccc1. The zero-order valence-corrected chi connectivity index (χ0v) is 16.4. The highest BCUT2D eigenvalue weighted by Crippen LogP contribution is 2.19. The van der Waals surface area contributed by atoms with Crippen molar-refractivity contribution in [1.82, 2.24) is 5.32 Å². The van der Waals surface area contributed by atoms with Crippen molar-refractivity contribution in [3.05, 3.63) is 65.7 Å². The Hall–Kier alpha value is -2.82. The van der Waals surface area contributed by atoms with Crippen LogP contribution in [0.4, 0.5) is 5.69 Å². The lowest BCUT2D eigenvalue weighted by atomic mass is 10.0. The number of nitrogens with zero attached hydrogens (tertiary/aromatic N) is 1. The van der Waals surface area contributed by atoms with Crippen LogP contribution in [-0.4, -0.2) is 32.1 Å². The molecule has 2 rings (SSSR count). The molecule has 5 nitrogen and oxygen atoms in total. The molecule has 0 aromatic heterocycles. The summed E-state index contributed by atoms with van der Waals surface area (Å²) >= 11 is 0. The molecule has 0 heterocycles. The van der Waals surface area contributed by atoms with Gasteiger partial charge in [-0.1, -0.05) is 49.7 Å². The number of carbonyl (C=O) groups is 2. The topological polar surface area (TPSA) is 58.6 Å².